The SMILES string of the molecule is CCOC(=O)C(F)=CC1COC(C)(C)N1C(=O)OC(C)(C)C. The van der Waals surface area contributed by atoms with E-state index >= 15 is 0 Å². The van der Waals surface area contributed by atoms with Crippen molar-refractivity contribution < 1.29 is 28.2 Å². The quantitative estimate of drug-likeness (QED) is 0.591. The second-order valence-corrected chi connectivity index (χ2v) is 6.41. The van der Waals surface area contributed by atoms with Crippen molar-refractivity contribution in [1.29, 1.82) is 0 Å². The highest BCUT2D eigenvalue weighted by molar-refractivity contribution is 5.86. The van der Waals surface area contributed by atoms with Gasteiger partial charge >= 0.3 is 12.1 Å². The van der Waals surface area contributed by atoms with Gasteiger partial charge in [-0.2, -0.15) is 4.39 Å². The van der Waals surface area contributed by atoms with Crippen LogP contribution in [-0.2, 0) is 19.0 Å². The first kappa shape index (κ1) is 18.4. The lowest BCUT2D eigenvalue weighted by atomic mass is 10.2. The minimum Gasteiger partial charge on any atom is -0.461 e. The molecule has 0 aromatic carbocycles. The molecule has 1 fully saturated rings. The number of carbonyl (C=O) groups excluding carboxylic acids is 2. The van der Waals surface area contributed by atoms with Crippen molar-refractivity contribution in [3.63, 3.8) is 0 Å². The van der Waals surface area contributed by atoms with E-state index in [0.717, 1.165) is 6.08 Å². The first-order valence-corrected chi connectivity index (χ1v) is 7.18. The molecule has 1 atom stereocenters. The van der Waals surface area contributed by atoms with Crippen molar-refractivity contribution in [1.82, 2.24) is 4.90 Å². The normalized spacial score (nSPS) is 21.7. The van der Waals surface area contributed by atoms with Crippen LogP contribution in [0.3, 0.4) is 0 Å². The Bertz CT molecular complexity index is 467. The summed E-state index contributed by atoms with van der Waals surface area (Å²) >= 11 is 0. The maximum Gasteiger partial charge on any atom is 0.413 e. The second-order valence-electron chi connectivity index (χ2n) is 6.41. The molecule has 0 bridgehead atoms. The molecule has 6 nitrogen and oxygen atoms in total. The van der Waals surface area contributed by atoms with Crippen molar-refractivity contribution in [3.05, 3.63) is 11.9 Å². The number of carbonyl (C=O) groups is 2. The van der Waals surface area contributed by atoms with E-state index in [4.69, 9.17) is 9.47 Å². The van der Waals surface area contributed by atoms with Crippen molar-refractivity contribution in [2.45, 2.75) is 58.9 Å². The Morgan fingerprint density at radius 1 is 1.41 bits per heavy atom. The zero-order chi connectivity index (χ0) is 17.1. The summed E-state index contributed by atoms with van der Waals surface area (Å²) < 4.78 is 29.2. The highest BCUT2D eigenvalue weighted by Crippen LogP contribution is 2.30. The van der Waals surface area contributed by atoms with Gasteiger partial charge in [-0.25, -0.2) is 9.59 Å². The van der Waals surface area contributed by atoms with E-state index in [-0.39, 0.29) is 13.2 Å². The van der Waals surface area contributed by atoms with Gasteiger partial charge in [-0.15, -0.1) is 0 Å². The summed E-state index contributed by atoms with van der Waals surface area (Å²) in [7, 11) is 0. The van der Waals surface area contributed by atoms with Gasteiger partial charge in [-0.05, 0) is 47.6 Å². The van der Waals surface area contributed by atoms with E-state index in [0.29, 0.717) is 0 Å². The van der Waals surface area contributed by atoms with Crippen LogP contribution < -0.4 is 0 Å². The Labute approximate surface area is 130 Å². The number of halogens is 1. The van der Waals surface area contributed by atoms with Crippen LogP contribution in [0, 0.1) is 0 Å². The Kier molecular flexibility index (Phi) is 5.56. The molecular formula is C15H24FNO5. The molecule has 0 aromatic rings. The van der Waals surface area contributed by atoms with Gasteiger partial charge in [0.05, 0.1) is 19.3 Å². The first-order chi connectivity index (χ1) is 9.98. The van der Waals surface area contributed by atoms with Crippen LogP contribution in [0.2, 0.25) is 0 Å². The lowest BCUT2D eigenvalue weighted by molar-refractivity contribution is -0.140. The monoisotopic (exact) mass is 317 g/mol. The third-order valence-electron chi connectivity index (χ3n) is 2.92. The van der Waals surface area contributed by atoms with Crippen LogP contribution in [0.1, 0.15) is 41.5 Å². The predicted molar refractivity (Wildman–Crippen MR) is 77.7 cm³/mol. The van der Waals surface area contributed by atoms with Gasteiger partial charge in [0.15, 0.2) is 0 Å². The molecule has 0 aliphatic carbocycles. The average Bonchev–Trinajstić information content (AvgIpc) is 2.62. The average molecular weight is 317 g/mol. The largest absolute Gasteiger partial charge is 0.461 e. The molecule has 1 saturated heterocycles. The first-order valence-electron chi connectivity index (χ1n) is 7.18. The third-order valence-corrected chi connectivity index (χ3v) is 2.92. The summed E-state index contributed by atoms with van der Waals surface area (Å²) in [6.07, 6.45) is 0.393. The maximum absolute atomic E-state index is 13.8. The number of nitrogens with zero attached hydrogens (tertiary/aromatic N) is 1. The van der Waals surface area contributed by atoms with Gasteiger partial charge in [-0.3, -0.25) is 4.90 Å². The van der Waals surface area contributed by atoms with Gasteiger partial charge < -0.3 is 14.2 Å². The lowest BCUT2D eigenvalue weighted by Crippen LogP contribution is -2.49. The second kappa shape index (κ2) is 6.64. The number of rotatable bonds is 3. The van der Waals surface area contributed by atoms with Crippen LogP contribution in [0.4, 0.5) is 9.18 Å². The summed E-state index contributed by atoms with van der Waals surface area (Å²) in [6.45, 7) is 10.3. The van der Waals surface area contributed by atoms with Crippen LogP contribution in [0.5, 0.6) is 0 Å². The van der Waals surface area contributed by atoms with Crippen molar-refractivity contribution in [2.75, 3.05) is 13.2 Å². The van der Waals surface area contributed by atoms with E-state index in [1.54, 1.807) is 41.5 Å². The molecule has 0 saturated carbocycles. The minimum atomic E-state index is -1.06. The highest BCUT2D eigenvalue weighted by Gasteiger charge is 2.45. The molecular weight excluding hydrogens is 293 g/mol. The Hall–Kier alpha value is -1.63. The molecule has 0 radical (unpaired) electrons. The predicted octanol–water partition coefficient (Wildman–Crippen LogP) is 2.77. The molecule has 0 spiro atoms. The van der Waals surface area contributed by atoms with Crippen molar-refractivity contribution in [2.24, 2.45) is 0 Å². The summed E-state index contributed by atoms with van der Waals surface area (Å²) in [4.78, 5) is 25.0. The number of hydrogen-bond acceptors (Lipinski definition) is 5. The van der Waals surface area contributed by atoms with Crippen molar-refractivity contribution >= 4 is 12.1 Å². The van der Waals surface area contributed by atoms with Crippen LogP contribution in [-0.4, -0.2) is 47.5 Å². The van der Waals surface area contributed by atoms with Crippen molar-refractivity contribution in [3.8, 4) is 0 Å². The molecule has 1 rings (SSSR count). The fourth-order valence-electron chi connectivity index (χ4n) is 2.06. The molecule has 7 heteroatoms. The van der Waals surface area contributed by atoms with E-state index < -0.39 is 35.3 Å². The van der Waals surface area contributed by atoms with Crippen LogP contribution in [0.15, 0.2) is 11.9 Å². The zero-order valence-electron chi connectivity index (χ0n) is 13.9. The summed E-state index contributed by atoms with van der Waals surface area (Å²) in [5.41, 5.74) is -1.65. The number of hydrogen-bond donors (Lipinski definition) is 0. The Morgan fingerprint density at radius 2 is 2.00 bits per heavy atom. The smallest absolute Gasteiger partial charge is 0.413 e. The zero-order valence-corrected chi connectivity index (χ0v) is 13.9. The summed E-state index contributed by atoms with van der Waals surface area (Å²) in [5, 5.41) is 0. The van der Waals surface area contributed by atoms with Gasteiger partial charge in [-0.1, -0.05) is 0 Å². The molecule has 22 heavy (non-hydrogen) atoms. The molecule has 1 aliphatic heterocycles. The maximum atomic E-state index is 13.8. The van der Waals surface area contributed by atoms with Crippen LogP contribution in [0.25, 0.3) is 0 Å². The van der Waals surface area contributed by atoms with Gasteiger partial charge in [0.25, 0.3) is 0 Å². The minimum absolute atomic E-state index is 0.0685. The highest BCUT2D eigenvalue weighted by atomic mass is 19.1. The van der Waals surface area contributed by atoms with E-state index in [1.807, 2.05) is 0 Å². The molecule has 0 aromatic heterocycles. The van der Waals surface area contributed by atoms with E-state index in [2.05, 4.69) is 4.74 Å². The van der Waals surface area contributed by atoms with Crippen LogP contribution >= 0.6 is 0 Å². The molecule has 1 aliphatic rings. The number of esters is 1. The Morgan fingerprint density at radius 3 is 2.50 bits per heavy atom. The fraction of sp³-hybridized carbons (Fsp3) is 0.733. The standard InChI is InChI=1S/C15H24FNO5/c1-7-20-12(18)11(16)8-10-9-21-15(5,6)17(10)13(19)22-14(2,3)4/h8,10H,7,9H2,1-6H3. The Balaban J connectivity index is 2.97. The third kappa shape index (κ3) is 4.69. The van der Waals surface area contributed by atoms with E-state index in [1.165, 1.54) is 4.90 Å². The van der Waals surface area contributed by atoms with E-state index in [9.17, 15) is 14.0 Å². The lowest BCUT2D eigenvalue weighted by Gasteiger charge is -2.34. The molecule has 1 unspecified atom stereocenters. The fourth-order valence-corrected chi connectivity index (χ4v) is 2.06. The molecule has 126 valence electrons. The molecule has 0 N–H and O–H groups in total. The van der Waals surface area contributed by atoms with Gasteiger partial charge in [0.1, 0.15) is 11.3 Å². The summed E-state index contributed by atoms with van der Waals surface area (Å²) in [5.74, 6) is -2.11. The van der Waals surface area contributed by atoms with Gasteiger partial charge in [0.2, 0.25) is 5.83 Å². The summed E-state index contributed by atoms with van der Waals surface area (Å²) in [6, 6.07) is -0.741. The van der Waals surface area contributed by atoms with Gasteiger partial charge in [0, 0.05) is 0 Å². The topological polar surface area (TPSA) is 65.1 Å². The molecule has 1 amide bonds. The molecule has 1 heterocycles. The number of amides is 1. The number of ether oxygens (including phenoxy) is 3.